The van der Waals surface area contributed by atoms with E-state index < -0.39 is 43.8 Å². The predicted octanol–water partition coefficient (Wildman–Crippen LogP) is 30.1. The van der Waals surface area contributed by atoms with Crippen molar-refractivity contribution in [2.75, 3.05) is 0 Å². The summed E-state index contributed by atoms with van der Waals surface area (Å²) in [5.41, 5.74) is 12.0. The average Bonchev–Trinajstić information content (AvgIpc) is 0.767. The maximum Gasteiger partial charge on any atom is 0.0730 e. The Balaban J connectivity index is 1.92. The normalized spacial score (nSPS) is 21.4. The third-order valence-corrected chi connectivity index (χ3v) is 67.0. The molecule has 0 bridgehead atoms. The van der Waals surface area contributed by atoms with E-state index in [0.717, 1.165) is 84.3 Å². The van der Waals surface area contributed by atoms with Crippen LogP contribution in [0.3, 0.4) is 0 Å². The summed E-state index contributed by atoms with van der Waals surface area (Å²) in [6.45, 7) is 85.4. The molecule has 7 rings (SSSR count). The molecule has 1 aliphatic heterocycles. The lowest BCUT2D eigenvalue weighted by molar-refractivity contribution is 0.522. The smallest absolute Gasteiger partial charge is 0.0730 e. The van der Waals surface area contributed by atoms with E-state index in [1.165, 1.54) is 34.2 Å². The lowest BCUT2D eigenvalue weighted by Gasteiger charge is -2.50. The Morgan fingerprint density at radius 2 is 0.323 bits per heavy atom. The molecule has 0 aromatic carbocycles. The van der Waals surface area contributed by atoms with Crippen molar-refractivity contribution in [3.05, 3.63) is 104 Å². The van der Waals surface area contributed by atoms with E-state index in [1.54, 1.807) is 0 Å². The lowest BCUT2D eigenvalue weighted by atomic mass is 9.93. The van der Waals surface area contributed by atoms with Gasteiger partial charge in [0, 0.05) is 150 Å². The molecule has 0 radical (unpaired) electrons. The van der Waals surface area contributed by atoms with Gasteiger partial charge in [-0.15, -0.1) is 0 Å². The molecule has 0 saturated carbocycles. The molecule has 1 saturated heterocycles. The largest absolute Gasteiger partial charge is 0.219 e. The monoisotopic (exact) mass is 1520 g/mol. The first-order valence-electron chi connectivity index (χ1n) is 33.8. The van der Waals surface area contributed by atoms with E-state index in [4.69, 9.17) is 30.6 Å². The molecule has 0 N–H and O–H groups in total. The Kier molecular flexibility index (Phi) is 24.9. The van der Waals surface area contributed by atoms with Crippen LogP contribution in [-0.2, 0) is 32.5 Å². The molecular weight excluding hydrogens is 1400 g/mol. The minimum atomic E-state index is -1.13. The molecule has 1 aliphatic rings. The highest BCUT2D eigenvalue weighted by molar-refractivity contribution is 9.11. The van der Waals surface area contributed by atoms with Crippen LogP contribution in [0.25, 0.3) is 34.2 Å². The zero-order valence-corrected chi connectivity index (χ0v) is 76.4. The summed E-state index contributed by atoms with van der Waals surface area (Å²) in [6, 6.07) is 0. The van der Waals surface area contributed by atoms with Crippen molar-refractivity contribution in [3.8, 4) is 0 Å². The molecule has 0 aliphatic carbocycles. The standard InChI is InChI=1S/C72H120N12P12/c1-61(2,3)49-37-85-79(73-49)55(67(19,20)21)43-91-92(44-56(68(22,23)24)80-74-50(38-86-80)62(4,5)6)94(46-58(70(28,29)30)82-76-52(40-88-82)64(10,11)12)96(48-60(72(34,35)36)84-78-54(42-90-84)66(16,17)18)95(47-59(71(31,32)33)83-77-53(41-89-83)65(13,14)15)93(91)45-57(69(25,26)27)81-75-51(39-87-81)63(7,8)9/h37-48H,1-36H3/b55-43+,56-44+,57-45+,58-46+,59-47+,60-48+. The van der Waals surface area contributed by atoms with Crippen molar-refractivity contribution in [2.45, 2.75) is 282 Å². The number of allylic oxidation sites excluding steroid dienone is 6. The molecule has 7 heterocycles. The number of rotatable bonds is 12. The quantitative estimate of drug-likeness (QED) is 0.113. The summed E-state index contributed by atoms with van der Waals surface area (Å²) in [5.74, 6) is 31.6. The maximum atomic E-state index is 5.69. The molecule has 12 nitrogen and oxygen atoms in total. The molecule has 0 unspecified atom stereocenters. The molecule has 0 amide bonds. The number of hydrogen-bond acceptors (Lipinski definition) is 6. The van der Waals surface area contributed by atoms with Crippen LogP contribution in [0.15, 0.2) is 69.7 Å². The first-order valence-corrected chi connectivity index (χ1v) is 52.0. The second-order valence-corrected chi connectivity index (χ2v) is 69.9. The van der Waals surface area contributed by atoms with Crippen molar-refractivity contribution in [1.29, 1.82) is 0 Å². The Morgan fingerprint density at radius 1 is 0.219 bits per heavy atom. The van der Waals surface area contributed by atoms with Crippen molar-refractivity contribution in [2.24, 2.45) is 32.5 Å². The van der Waals surface area contributed by atoms with Crippen LogP contribution >= 0.6 is 93.9 Å². The van der Waals surface area contributed by atoms with Crippen LogP contribution in [-0.4, -0.2) is 57.3 Å². The third-order valence-electron chi connectivity index (χ3n) is 16.2. The van der Waals surface area contributed by atoms with Crippen LogP contribution < -0.4 is 0 Å². The Morgan fingerprint density at radius 3 is 0.396 bits per heavy atom. The molecule has 24 heteroatoms. The fraction of sp³-hybridized carbons (Fsp3) is 0.667. The van der Waals surface area contributed by atoms with Crippen LogP contribution in [0.1, 0.15) is 283 Å². The van der Waals surface area contributed by atoms with E-state index in [0.29, 0.717) is 0 Å². The van der Waals surface area contributed by atoms with Crippen LogP contribution in [0.5, 0.6) is 0 Å². The number of aromatic nitrogens is 12. The van der Waals surface area contributed by atoms with E-state index >= 15 is 0 Å². The second-order valence-electron chi connectivity index (χ2n) is 38.1. The topological polar surface area (TPSA) is 107 Å². The number of nitrogens with zero attached hydrogens (tertiary/aromatic N) is 12. The van der Waals surface area contributed by atoms with E-state index in [1.807, 2.05) is 0 Å². The summed E-state index contributed by atoms with van der Waals surface area (Å²) >= 11 is 0. The highest BCUT2D eigenvalue weighted by atomic mass is 33.0. The molecule has 528 valence electrons. The van der Waals surface area contributed by atoms with Gasteiger partial charge in [0.1, 0.15) is 0 Å². The van der Waals surface area contributed by atoms with Crippen molar-refractivity contribution in [1.82, 2.24) is 57.3 Å². The summed E-state index contributed by atoms with van der Waals surface area (Å²) in [5, 5.41) is 34.1. The summed E-state index contributed by atoms with van der Waals surface area (Å²) in [4.78, 5) is 0. The fourth-order valence-corrected chi connectivity index (χ4v) is 90.1. The van der Waals surface area contributed by atoms with Crippen LogP contribution in [0, 0.1) is 32.5 Å². The molecular formula is C72H120N12P12. The Bertz CT molecular complexity index is 3240. The van der Waals surface area contributed by atoms with Gasteiger partial charge in [-0.05, 0) is 78.7 Å². The molecule has 0 spiro atoms. The summed E-state index contributed by atoms with van der Waals surface area (Å²) in [7, 11) is -0.354. The van der Waals surface area contributed by atoms with E-state index in [2.05, 4.69) is 346 Å². The minimum absolute atomic E-state index is 0.128. The zero-order chi connectivity index (χ0) is 72.8. The molecule has 96 heavy (non-hydrogen) atoms. The molecule has 0 atom stereocenters. The van der Waals surface area contributed by atoms with Crippen LogP contribution in [0.4, 0.5) is 0 Å². The van der Waals surface area contributed by atoms with Gasteiger partial charge in [0.25, 0.3) is 0 Å². The zero-order valence-electron chi connectivity index (χ0n) is 65.7. The van der Waals surface area contributed by atoms with Gasteiger partial charge in [-0.2, -0.15) is 30.6 Å². The lowest BCUT2D eigenvalue weighted by Crippen LogP contribution is -2.18. The highest BCUT2D eigenvalue weighted by Crippen LogP contribution is 3.23. The van der Waals surface area contributed by atoms with Crippen molar-refractivity contribution < 1.29 is 0 Å². The van der Waals surface area contributed by atoms with Crippen molar-refractivity contribution in [3.63, 3.8) is 0 Å². The maximum absolute atomic E-state index is 5.69. The second kappa shape index (κ2) is 29.1. The summed E-state index contributed by atoms with van der Waals surface area (Å²) < 4.78 is 14.3. The van der Waals surface area contributed by atoms with Gasteiger partial charge in [-0.25, -0.2) is 26.7 Å². The molecule has 1 fully saturated rings. The minimum Gasteiger partial charge on any atom is -0.219 e. The fourth-order valence-electron chi connectivity index (χ4n) is 9.54. The van der Waals surface area contributed by atoms with Gasteiger partial charge in [0.2, 0.25) is 0 Å². The Labute approximate surface area is 599 Å². The predicted molar refractivity (Wildman–Crippen MR) is 445 cm³/mol. The molecule has 6 aromatic heterocycles. The van der Waals surface area contributed by atoms with Gasteiger partial charge in [-0.1, -0.05) is 249 Å². The van der Waals surface area contributed by atoms with Gasteiger partial charge < -0.3 is 0 Å². The number of hydrogen-bond donors (Lipinski definition) is 0. The van der Waals surface area contributed by atoms with Gasteiger partial charge >= 0.3 is 0 Å². The summed E-state index contributed by atoms with van der Waals surface area (Å²) in [6.07, 6.45) is 0. The first kappa shape index (κ1) is 82.1. The third kappa shape index (κ3) is 20.2. The van der Waals surface area contributed by atoms with Gasteiger partial charge in [0.05, 0.1) is 68.3 Å². The van der Waals surface area contributed by atoms with Crippen molar-refractivity contribution >= 4 is 128 Å². The SMILES string of the molecule is CC(C)(C)/C(=C\P1P(/C=C(/n2nc(C(C)(C)C)cp2)C(C)(C)C)P(/C=C(/n2nc(C(C)(C)C)cp2)C(C)(C)C)P(/C=C(/n2nc(C(C)(C)C)cp2)C(C)(C)C)P(/C=C(/n2nc(C(C)(C)C)cp2)C(C)(C)C)P1/C=C(/n1nc(C(C)(C)C)cp1)C(C)(C)C)n1nc(C(C)(C)C)cp1. The average molecular weight is 1530 g/mol. The van der Waals surface area contributed by atoms with Gasteiger partial charge in [-0.3, -0.25) is 0 Å². The molecule has 6 aromatic rings. The van der Waals surface area contributed by atoms with Gasteiger partial charge in [0.15, 0.2) is 0 Å². The van der Waals surface area contributed by atoms with E-state index in [-0.39, 0.29) is 65.0 Å². The Hall–Kier alpha value is -1.14. The first-order chi connectivity index (χ1) is 43.2. The van der Waals surface area contributed by atoms with Crippen LogP contribution in [0.2, 0.25) is 0 Å². The van der Waals surface area contributed by atoms with E-state index in [9.17, 15) is 0 Å². The highest BCUT2D eigenvalue weighted by Gasteiger charge is 2.51.